The molecule has 5 nitrogen and oxygen atoms in total. The number of amides is 1. The van der Waals surface area contributed by atoms with Gasteiger partial charge in [0.25, 0.3) is 0 Å². The average molecular weight is 345 g/mol. The van der Waals surface area contributed by atoms with Gasteiger partial charge >= 0.3 is 0 Å². The van der Waals surface area contributed by atoms with Crippen LogP contribution in [0.15, 0.2) is 28.7 Å². The number of hydrogen-bond acceptors (Lipinski definition) is 4. The fraction of sp³-hybridized carbons (Fsp3) is 0.444. The van der Waals surface area contributed by atoms with Gasteiger partial charge in [-0.25, -0.2) is 5.43 Å². The fourth-order valence-electron chi connectivity index (χ4n) is 3.02. The third-order valence-corrected chi connectivity index (χ3v) is 5.21. The van der Waals surface area contributed by atoms with E-state index in [1.807, 2.05) is 17.5 Å². The van der Waals surface area contributed by atoms with E-state index in [-0.39, 0.29) is 5.91 Å². The molecule has 2 aromatic heterocycles. The number of rotatable bonds is 6. The lowest BCUT2D eigenvalue weighted by Gasteiger charge is -2.14. The Labute approximate surface area is 146 Å². The lowest BCUT2D eigenvalue weighted by atomic mass is 10.2. The molecule has 1 saturated heterocycles. The predicted octanol–water partition coefficient (Wildman–Crippen LogP) is 3.04. The molecule has 24 heavy (non-hydrogen) atoms. The number of thiophene rings is 1. The molecule has 1 atom stereocenters. The van der Waals surface area contributed by atoms with Gasteiger partial charge in [-0.1, -0.05) is 6.07 Å². The molecule has 6 heteroatoms. The maximum absolute atomic E-state index is 11.8. The first-order valence-corrected chi connectivity index (χ1v) is 9.14. The Kier molecular flexibility index (Phi) is 5.48. The smallest absolute Gasteiger partial charge is 0.245 e. The summed E-state index contributed by atoms with van der Waals surface area (Å²) in [7, 11) is 0. The first-order chi connectivity index (χ1) is 11.6. The largest absolute Gasteiger partial charge is 0.376 e. The van der Waals surface area contributed by atoms with Gasteiger partial charge in [0.05, 0.1) is 18.7 Å². The average Bonchev–Trinajstić information content (AvgIpc) is 3.28. The SMILES string of the molecule is Cc1cc(/C=N\NC(=O)Cc2cccs2)c(C)n1C[C@@H]1CCCO1. The molecule has 3 heterocycles. The van der Waals surface area contributed by atoms with Crippen LogP contribution < -0.4 is 5.43 Å². The Hall–Kier alpha value is -1.92. The number of carbonyl (C=O) groups is 1. The highest BCUT2D eigenvalue weighted by Gasteiger charge is 2.18. The summed E-state index contributed by atoms with van der Waals surface area (Å²) in [6.45, 7) is 5.93. The molecule has 0 spiro atoms. The van der Waals surface area contributed by atoms with Crippen LogP contribution in [-0.4, -0.2) is 29.4 Å². The van der Waals surface area contributed by atoms with Crippen LogP contribution in [0.1, 0.15) is 34.7 Å². The van der Waals surface area contributed by atoms with Crippen molar-refractivity contribution in [3.8, 4) is 0 Å². The van der Waals surface area contributed by atoms with E-state index in [1.165, 1.54) is 5.69 Å². The second kappa shape index (κ2) is 7.77. The second-order valence-corrected chi connectivity index (χ2v) is 7.15. The van der Waals surface area contributed by atoms with Crippen molar-refractivity contribution in [2.24, 2.45) is 5.10 Å². The lowest BCUT2D eigenvalue weighted by Crippen LogP contribution is -2.19. The molecule has 1 aliphatic rings. The third-order valence-electron chi connectivity index (χ3n) is 4.33. The fourth-order valence-corrected chi connectivity index (χ4v) is 3.72. The van der Waals surface area contributed by atoms with Crippen molar-refractivity contribution in [2.45, 2.75) is 45.8 Å². The van der Waals surface area contributed by atoms with Crippen LogP contribution in [0.2, 0.25) is 0 Å². The highest BCUT2D eigenvalue weighted by atomic mass is 32.1. The number of aromatic nitrogens is 1. The van der Waals surface area contributed by atoms with Crippen molar-refractivity contribution in [1.82, 2.24) is 9.99 Å². The van der Waals surface area contributed by atoms with Crippen molar-refractivity contribution >= 4 is 23.5 Å². The monoisotopic (exact) mass is 345 g/mol. The number of nitrogens with one attached hydrogen (secondary N) is 1. The molecule has 1 amide bonds. The summed E-state index contributed by atoms with van der Waals surface area (Å²) < 4.78 is 8.00. The van der Waals surface area contributed by atoms with E-state index in [1.54, 1.807) is 17.6 Å². The molecular formula is C18H23N3O2S. The molecule has 1 N–H and O–H groups in total. The molecule has 1 aliphatic heterocycles. The topological polar surface area (TPSA) is 55.6 Å². The zero-order valence-corrected chi connectivity index (χ0v) is 14.9. The Morgan fingerprint density at radius 1 is 1.54 bits per heavy atom. The first kappa shape index (κ1) is 16.9. The summed E-state index contributed by atoms with van der Waals surface area (Å²) in [5.41, 5.74) is 5.97. The van der Waals surface area contributed by atoms with Crippen molar-refractivity contribution in [1.29, 1.82) is 0 Å². The molecule has 0 radical (unpaired) electrons. The molecule has 2 aromatic rings. The molecule has 128 valence electrons. The van der Waals surface area contributed by atoms with Crippen LogP contribution in [0.5, 0.6) is 0 Å². The highest BCUT2D eigenvalue weighted by molar-refractivity contribution is 7.10. The molecule has 0 saturated carbocycles. The zero-order chi connectivity index (χ0) is 16.9. The number of hydrazone groups is 1. The maximum atomic E-state index is 11.8. The van der Waals surface area contributed by atoms with Crippen molar-refractivity contribution in [2.75, 3.05) is 6.61 Å². The van der Waals surface area contributed by atoms with Gasteiger partial charge in [-0.2, -0.15) is 5.10 Å². The zero-order valence-electron chi connectivity index (χ0n) is 14.1. The molecule has 0 bridgehead atoms. The number of hydrogen-bond donors (Lipinski definition) is 1. The van der Waals surface area contributed by atoms with Gasteiger partial charge in [-0.15, -0.1) is 11.3 Å². The van der Waals surface area contributed by atoms with Crippen LogP contribution in [0.25, 0.3) is 0 Å². The Bertz CT molecular complexity index is 713. The molecule has 0 unspecified atom stereocenters. The van der Waals surface area contributed by atoms with Crippen molar-refractivity contribution in [3.05, 3.63) is 45.4 Å². The maximum Gasteiger partial charge on any atom is 0.245 e. The van der Waals surface area contributed by atoms with Crippen LogP contribution in [0.4, 0.5) is 0 Å². The summed E-state index contributed by atoms with van der Waals surface area (Å²) >= 11 is 1.58. The van der Waals surface area contributed by atoms with Crippen molar-refractivity contribution in [3.63, 3.8) is 0 Å². The second-order valence-electron chi connectivity index (χ2n) is 6.12. The van der Waals surface area contributed by atoms with Gasteiger partial charge in [0, 0.05) is 35.0 Å². The van der Waals surface area contributed by atoms with E-state index in [0.29, 0.717) is 12.5 Å². The van der Waals surface area contributed by atoms with Crippen LogP contribution in [-0.2, 0) is 22.5 Å². The van der Waals surface area contributed by atoms with Gasteiger partial charge in [-0.05, 0) is 44.2 Å². The Morgan fingerprint density at radius 2 is 2.42 bits per heavy atom. The molecule has 1 fully saturated rings. The quantitative estimate of drug-likeness (QED) is 0.646. The van der Waals surface area contributed by atoms with Crippen LogP contribution in [0.3, 0.4) is 0 Å². The number of aryl methyl sites for hydroxylation is 1. The minimum atomic E-state index is -0.0955. The van der Waals surface area contributed by atoms with E-state index in [2.05, 4.69) is 35.0 Å². The normalized spacial score (nSPS) is 17.7. The summed E-state index contributed by atoms with van der Waals surface area (Å²) in [4.78, 5) is 12.9. The van der Waals surface area contributed by atoms with E-state index < -0.39 is 0 Å². The summed E-state index contributed by atoms with van der Waals surface area (Å²) in [6.07, 6.45) is 4.67. The van der Waals surface area contributed by atoms with Gasteiger partial charge in [0.1, 0.15) is 0 Å². The predicted molar refractivity (Wildman–Crippen MR) is 96.6 cm³/mol. The third kappa shape index (κ3) is 4.13. The van der Waals surface area contributed by atoms with Crippen LogP contribution >= 0.6 is 11.3 Å². The highest BCUT2D eigenvalue weighted by Crippen LogP contribution is 2.19. The Balaban J connectivity index is 1.59. The first-order valence-electron chi connectivity index (χ1n) is 8.26. The van der Waals surface area contributed by atoms with E-state index in [9.17, 15) is 4.79 Å². The van der Waals surface area contributed by atoms with E-state index in [0.717, 1.165) is 42.1 Å². The molecule has 0 aromatic carbocycles. The number of ether oxygens (including phenoxy) is 1. The van der Waals surface area contributed by atoms with Gasteiger partial charge in [0.2, 0.25) is 5.91 Å². The number of nitrogens with zero attached hydrogens (tertiary/aromatic N) is 2. The van der Waals surface area contributed by atoms with E-state index >= 15 is 0 Å². The lowest BCUT2D eigenvalue weighted by molar-refractivity contribution is -0.120. The summed E-state index contributed by atoms with van der Waals surface area (Å²) in [5.74, 6) is -0.0955. The summed E-state index contributed by atoms with van der Waals surface area (Å²) in [5, 5.41) is 6.07. The van der Waals surface area contributed by atoms with Gasteiger partial charge in [-0.3, -0.25) is 4.79 Å². The number of carbonyl (C=O) groups excluding carboxylic acids is 1. The standard InChI is InChI=1S/C18H23N3O2S/c1-13-9-15(14(2)21(13)12-16-5-3-7-23-16)11-19-20-18(22)10-17-6-4-8-24-17/h4,6,8-9,11,16H,3,5,7,10,12H2,1-2H3,(H,20,22)/b19-11-/t16-/m0/s1. The molecule has 3 rings (SSSR count). The minimum Gasteiger partial charge on any atom is -0.376 e. The molecule has 0 aliphatic carbocycles. The Morgan fingerprint density at radius 3 is 3.12 bits per heavy atom. The van der Waals surface area contributed by atoms with Gasteiger partial charge < -0.3 is 9.30 Å². The van der Waals surface area contributed by atoms with Gasteiger partial charge in [0.15, 0.2) is 0 Å². The van der Waals surface area contributed by atoms with E-state index in [4.69, 9.17) is 4.74 Å². The minimum absolute atomic E-state index is 0.0955. The van der Waals surface area contributed by atoms with Crippen molar-refractivity contribution < 1.29 is 9.53 Å². The molecular weight excluding hydrogens is 322 g/mol. The van der Waals surface area contributed by atoms with Crippen LogP contribution in [0, 0.1) is 13.8 Å². The summed E-state index contributed by atoms with van der Waals surface area (Å²) in [6, 6.07) is 5.99.